The maximum Gasteiger partial charge on any atom is 0.120 e. The van der Waals surface area contributed by atoms with Crippen LogP contribution in [0.15, 0.2) is 261 Å². The summed E-state index contributed by atoms with van der Waals surface area (Å²) < 4.78 is 37.4. The highest BCUT2D eigenvalue weighted by molar-refractivity contribution is 6.03. The molecule has 15 aromatic rings. The molecule has 0 fully saturated rings. The second-order valence-electron chi connectivity index (χ2n) is 36.6. The molecule has 9 aromatic carbocycles. The molecule has 4 aliphatic heterocycles. The maximum absolute atomic E-state index is 11.1. The lowest BCUT2D eigenvalue weighted by Crippen LogP contribution is -2.14. The Morgan fingerprint density at radius 1 is 0.225 bits per heavy atom. The van der Waals surface area contributed by atoms with Gasteiger partial charge in [0.15, 0.2) is 0 Å². The summed E-state index contributed by atoms with van der Waals surface area (Å²) in [6, 6.07) is 90.0. The Hall–Kier alpha value is -16.4. The Morgan fingerprint density at radius 3 is 0.620 bits per heavy atom. The van der Waals surface area contributed by atoms with Crippen LogP contribution < -0.4 is 28.4 Å². The molecule has 15 heteroatoms. The van der Waals surface area contributed by atoms with Crippen molar-refractivity contribution in [2.45, 2.75) is 138 Å². The molecular formula is C127H116N8O7. The fraction of sp³-hybridized carbons (Fsp3) is 0.213. The second kappa shape index (κ2) is 44.2. The van der Waals surface area contributed by atoms with E-state index in [1.165, 1.54) is 0 Å². The van der Waals surface area contributed by atoms with Gasteiger partial charge < -0.3 is 53.5 Å². The largest absolute Gasteiger partial charge is 0.494 e. The number of aromatic amines is 4. The number of unbranched alkanes of at least 4 members (excludes halogenated alkanes) is 6. The summed E-state index contributed by atoms with van der Waals surface area (Å²) in [5, 5.41) is 11.1. The molecule has 0 spiro atoms. The zero-order valence-electron chi connectivity index (χ0n) is 81.9. The average molecular weight is 1870 g/mol. The fourth-order valence-corrected chi connectivity index (χ4v) is 17.9. The van der Waals surface area contributed by atoms with Gasteiger partial charge in [0, 0.05) is 116 Å². The number of aromatic nitrogens is 8. The van der Waals surface area contributed by atoms with E-state index in [0.29, 0.717) is 50.8 Å². The number of nitrogens with zero attached hydrogens (tertiary/aromatic N) is 4. The Bertz CT molecular complexity index is 7740. The molecule has 4 aliphatic rings. The average Bonchev–Trinajstić information content (AvgIpc) is 1.61. The molecule has 142 heavy (non-hydrogen) atoms. The number of aliphatic hydroxyl groups is 1. The smallest absolute Gasteiger partial charge is 0.120 e. The highest BCUT2D eigenvalue weighted by Crippen LogP contribution is 2.44. The number of nitrogens with one attached hydrogen (secondary N) is 4. The van der Waals surface area contributed by atoms with Gasteiger partial charge in [0.25, 0.3) is 0 Å². The molecule has 16 bridgehead atoms. The molecule has 0 unspecified atom stereocenters. The summed E-state index contributed by atoms with van der Waals surface area (Å²) in [6.45, 7) is 20.3. The van der Waals surface area contributed by atoms with E-state index in [2.05, 4.69) is 388 Å². The van der Waals surface area contributed by atoms with Crippen molar-refractivity contribution >= 4 is 92.7 Å². The standard InChI is InChI=1S/C127H116N8O7/c1-9-15-77-137-97-47-35-90(36-48-97)121-107-63-59-103(128-107)119(104-60-64-108(129-104)122(91-37-49-98(50-38-91)138-78-16-10-2)112-68-72-116(133-112)125(115-71-67-111(121)132-115)94-43-55-101(56-44-94)141-81-19-13-5)88-31-24-84(25-32-88)21-22-86-28-30-87(96(83-86)75-76-127(7,8)136)29-23-85-26-33-89(34-27-85)120-105-61-65-109(130-105)123(92-39-51-99(52-40-92)139-79-17-11-3)113-69-73-117(134-113)126(95-45-57-102(58-46-95)142-82-20-14-6)118-74-70-114(135-118)124(110-66-62-106(120)131-110)93-41-53-100(54-42-93)140-80-18-12-4/h24-28,30-74,83,128,130,133,135-136H,9-20,77-82H2,1-8H3. The number of fused-ring (bicyclic) bond motifs is 16. The minimum Gasteiger partial charge on any atom is -0.494 e. The van der Waals surface area contributed by atoms with Crippen molar-refractivity contribution in [1.29, 1.82) is 0 Å². The predicted octanol–water partition coefficient (Wildman–Crippen LogP) is 31.0. The monoisotopic (exact) mass is 1860 g/mol. The normalized spacial score (nSPS) is 11.8. The minimum absolute atomic E-state index is 0.631. The third kappa shape index (κ3) is 22.0. The van der Waals surface area contributed by atoms with Crippen molar-refractivity contribution in [3.8, 4) is 159 Å². The van der Waals surface area contributed by atoms with Crippen LogP contribution >= 0.6 is 0 Å². The van der Waals surface area contributed by atoms with Crippen molar-refractivity contribution in [1.82, 2.24) is 39.9 Å². The number of hydrogen-bond donors (Lipinski definition) is 5. The van der Waals surface area contributed by atoms with Gasteiger partial charge in [-0.1, -0.05) is 213 Å². The van der Waals surface area contributed by atoms with E-state index in [0.717, 1.165) is 307 Å². The van der Waals surface area contributed by atoms with E-state index < -0.39 is 5.60 Å². The molecule has 0 saturated carbocycles. The SMILES string of the molecule is CCCCOc1ccc(-c2c3nc(c(-c4ccc(OCCCC)cc4)c4ccc([nH]4)c(-c4ccc(OCCCC)cc4)c4nc(c(-c5ccc(C#Cc6ccc(C#Cc7ccc(-c8c9nc(c(-c%10ccc(OCCCC)cc%10)c%10ccc([nH]%10)c(-c%10ccc(OCCCC)cc%10)c%10nc(c(-c%11ccc(OCCCC)cc%11)c%11ccc8[nH]%11)C=C%10)C=C9)cc7)c(C#CC(C)(C)O)c6)cc5)c5ccc2[nH]5)C=C4)C=C3)cc1. The van der Waals surface area contributed by atoms with Gasteiger partial charge in [-0.25, -0.2) is 19.9 Å². The quantitative estimate of drug-likeness (QED) is 0.0199. The van der Waals surface area contributed by atoms with E-state index >= 15 is 0 Å². The first-order valence-corrected chi connectivity index (χ1v) is 50.1. The van der Waals surface area contributed by atoms with Gasteiger partial charge in [-0.3, -0.25) is 0 Å². The lowest BCUT2D eigenvalue weighted by atomic mass is 10.0. The van der Waals surface area contributed by atoms with Gasteiger partial charge in [-0.2, -0.15) is 0 Å². The zero-order valence-corrected chi connectivity index (χ0v) is 81.9. The molecule has 19 rings (SSSR count). The Balaban J connectivity index is 0.691. The van der Waals surface area contributed by atoms with E-state index in [1.807, 2.05) is 18.2 Å². The topological polar surface area (TPSA) is 190 Å². The Morgan fingerprint density at radius 2 is 0.415 bits per heavy atom. The van der Waals surface area contributed by atoms with Crippen LogP contribution in [0.5, 0.6) is 34.5 Å². The number of benzene rings is 9. The Kier molecular flexibility index (Phi) is 29.4. The lowest BCUT2D eigenvalue weighted by molar-refractivity contribution is 0.143. The first-order valence-electron chi connectivity index (χ1n) is 50.1. The molecule has 6 aromatic heterocycles. The lowest BCUT2D eigenvalue weighted by Gasteiger charge is -2.09. The number of ether oxygens (including phenoxy) is 6. The van der Waals surface area contributed by atoms with Gasteiger partial charge in [0.05, 0.1) is 85.2 Å². The molecule has 15 nitrogen and oxygen atoms in total. The first-order chi connectivity index (χ1) is 69.7. The summed E-state index contributed by atoms with van der Waals surface area (Å²) in [5.41, 5.74) is 30.7. The summed E-state index contributed by atoms with van der Waals surface area (Å²) in [7, 11) is 0. The Labute approximate surface area is 831 Å². The van der Waals surface area contributed by atoms with E-state index in [4.69, 9.17) is 48.4 Å². The van der Waals surface area contributed by atoms with Crippen LogP contribution in [-0.2, 0) is 0 Å². The molecule has 10 heterocycles. The van der Waals surface area contributed by atoms with Crippen LogP contribution in [-0.4, -0.2) is 90.2 Å². The van der Waals surface area contributed by atoms with Crippen LogP contribution in [0.2, 0.25) is 0 Å². The van der Waals surface area contributed by atoms with Crippen molar-refractivity contribution in [2.75, 3.05) is 39.6 Å². The number of rotatable bonds is 32. The molecule has 0 saturated heterocycles. The number of H-pyrrole nitrogens is 4. The second-order valence-corrected chi connectivity index (χ2v) is 36.6. The molecule has 0 aliphatic carbocycles. The highest BCUT2D eigenvalue weighted by Gasteiger charge is 2.25. The summed E-state index contributed by atoms with van der Waals surface area (Å²) in [5.74, 6) is 25.2. The van der Waals surface area contributed by atoms with Gasteiger partial charge in [0.2, 0.25) is 0 Å². The molecule has 706 valence electrons. The van der Waals surface area contributed by atoms with Gasteiger partial charge >= 0.3 is 0 Å². The molecule has 5 N–H and O–H groups in total. The van der Waals surface area contributed by atoms with Crippen LogP contribution in [0.1, 0.15) is 206 Å². The van der Waals surface area contributed by atoms with Gasteiger partial charge in [0.1, 0.15) is 40.1 Å². The van der Waals surface area contributed by atoms with Crippen molar-refractivity contribution in [3.05, 3.63) is 334 Å². The highest BCUT2D eigenvalue weighted by atomic mass is 16.5. The van der Waals surface area contributed by atoms with Crippen LogP contribution in [0, 0.1) is 35.5 Å². The van der Waals surface area contributed by atoms with Gasteiger partial charge in [-0.05, 0) is 309 Å². The molecule has 0 amide bonds. The number of hydrogen-bond acceptors (Lipinski definition) is 11. The summed E-state index contributed by atoms with van der Waals surface area (Å²) in [6.07, 6.45) is 29.0. The van der Waals surface area contributed by atoms with E-state index in [1.54, 1.807) is 13.8 Å². The first kappa shape index (κ1) is 94.6. The van der Waals surface area contributed by atoms with Crippen LogP contribution in [0.4, 0.5) is 0 Å². The molecule has 0 atom stereocenters. The maximum atomic E-state index is 11.1. The third-order valence-corrected chi connectivity index (χ3v) is 25.5. The zero-order chi connectivity index (χ0) is 97.3. The fourth-order valence-electron chi connectivity index (χ4n) is 17.9. The molecule has 0 radical (unpaired) electrons. The van der Waals surface area contributed by atoms with Crippen LogP contribution in [0.25, 0.3) is 182 Å². The predicted molar refractivity (Wildman–Crippen MR) is 585 cm³/mol. The third-order valence-electron chi connectivity index (χ3n) is 25.5. The summed E-state index contributed by atoms with van der Waals surface area (Å²) in [4.78, 5) is 38.2. The molecular weight excluding hydrogens is 1750 g/mol. The summed E-state index contributed by atoms with van der Waals surface area (Å²) >= 11 is 0. The van der Waals surface area contributed by atoms with E-state index in [9.17, 15) is 5.11 Å². The van der Waals surface area contributed by atoms with E-state index in [-0.39, 0.29) is 0 Å². The van der Waals surface area contributed by atoms with Crippen molar-refractivity contribution in [2.24, 2.45) is 0 Å². The van der Waals surface area contributed by atoms with Gasteiger partial charge in [-0.15, -0.1) is 0 Å². The van der Waals surface area contributed by atoms with Crippen LogP contribution in [0.3, 0.4) is 0 Å². The van der Waals surface area contributed by atoms with Crippen molar-refractivity contribution in [3.63, 3.8) is 0 Å². The van der Waals surface area contributed by atoms with Crippen molar-refractivity contribution < 1.29 is 33.5 Å². The minimum atomic E-state index is -1.30.